The quantitative estimate of drug-likeness (QED) is 0.0187. The van der Waals surface area contributed by atoms with E-state index in [9.17, 15) is 14.4 Å². The molecule has 0 N–H and O–H groups in total. The molecule has 0 heterocycles. The molecule has 15 nitrogen and oxygen atoms in total. The van der Waals surface area contributed by atoms with Crippen LogP contribution in [0.4, 0.5) is 0 Å². The maximum Gasteiger partial charge on any atom is 0.501 e. The number of ether oxygens (including phenoxy) is 4. The van der Waals surface area contributed by atoms with Gasteiger partial charge in [0, 0.05) is 56.7 Å². The van der Waals surface area contributed by atoms with Gasteiger partial charge in [-0.1, -0.05) is 52.4 Å². The van der Waals surface area contributed by atoms with Crippen molar-refractivity contribution < 1.29 is 55.5 Å². The molecule has 1 unspecified atom stereocenters. The molecule has 0 radical (unpaired) electrons. The molecule has 0 aliphatic rings. The highest BCUT2D eigenvalue weighted by Gasteiger charge is 2.45. The fourth-order valence-corrected chi connectivity index (χ4v) is 14.0. The zero-order valence-corrected chi connectivity index (χ0v) is 47.5. The molecule has 0 aromatic heterocycles. The molecule has 0 aromatic rings. The maximum absolute atomic E-state index is 10.4. The molecular weight excluding hydrogens is 891 g/mol. The minimum atomic E-state index is -2.72. The Labute approximate surface area is 411 Å². The largest absolute Gasteiger partial charge is 0.501 e. The molecule has 17 heteroatoms. The Morgan fingerprint density at radius 1 is 0.448 bits per heavy atom. The van der Waals surface area contributed by atoms with Crippen molar-refractivity contribution in [2.24, 2.45) is 20.9 Å². The van der Waals surface area contributed by atoms with Crippen LogP contribution < -0.4 is 0 Å². The highest BCUT2D eigenvalue weighted by molar-refractivity contribution is 6.67. The number of aliphatic imine (C=N–C) groups is 3. The summed E-state index contributed by atoms with van der Waals surface area (Å²) in [4.78, 5) is 41.5. The van der Waals surface area contributed by atoms with Crippen LogP contribution in [-0.2, 0) is 55.5 Å². The molecule has 1 atom stereocenters. The van der Waals surface area contributed by atoms with Crippen molar-refractivity contribution >= 4 is 35.6 Å². The lowest BCUT2D eigenvalue weighted by Gasteiger charge is -2.43. The van der Waals surface area contributed by atoms with Crippen LogP contribution in [0, 0.1) is 5.92 Å². The first-order valence-electron chi connectivity index (χ1n) is 25.9. The molecule has 0 saturated heterocycles. The lowest BCUT2D eigenvalue weighted by atomic mass is 9.92. The minimum absolute atomic E-state index is 0.0162. The van der Waals surface area contributed by atoms with E-state index in [1.54, 1.807) is 18.2 Å². The Morgan fingerprint density at radius 3 is 1.25 bits per heavy atom. The number of nitrogens with zero attached hydrogens (tertiary/aromatic N) is 3. The van der Waals surface area contributed by atoms with Crippen LogP contribution in [0.5, 0.6) is 0 Å². The summed E-state index contributed by atoms with van der Waals surface area (Å²) >= 11 is 0. The summed E-state index contributed by atoms with van der Waals surface area (Å²) in [6.45, 7) is 36.6. The first-order chi connectivity index (χ1) is 31.8. The SMILES string of the molecule is CC(C)O[Si](CCCN=C=O)(OC(C)C)OC(C)C.CCCCCCCCC(CCCN=C=O)C(OC(C)C)(OC(C)C)OC(C)C.CCCOCCC[Si](CCCN=C=O)(OCC)OCC. The van der Waals surface area contributed by atoms with E-state index in [0.29, 0.717) is 45.3 Å². The lowest BCUT2D eigenvalue weighted by Crippen LogP contribution is -2.51. The Balaban J connectivity index is -0.000000942. The molecule has 0 aliphatic carbocycles. The Hall–Kier alpha value is -1.79. The van der Waals surface area contributed by atoms with Gasteiger partial charge in [-0.25, -0.2) is 29.4 Å². The van der Waals surface area contributed by atoms with Crippen molar-refractivity contribution in [3.8, 4) is 0 Å². The number of hydrogen-bond donors (Lipinski definition) is 0. The molecule has 0 saturated carbocycles. The lowest BCUT2D eigenvalue weighted by molar-refractivity contribution is -0.433. The normalized spacial score (nSPS) is 12.4. The first-order valence-corrected chi connectivity index (χ1v) is 30.0. The van der Waals surface area contributed by atoms with Gasteiger partial charge in [0.1, 0.15) is 0 Å². The van der Waals surface area contributed by atoms with Gasteiger partial charge in [0.25, 0.3) is 5.97 Å². The highest BCUT2D eigenvalue weighted by atomic mass is 28.4. The van der Waals surface area contributed by atoms with Gasteiger partial charge < -0.3 is 41.1 Å². The molecular formula is C50H101N3O12Si2. The molecule has 0 rings (SSSR count). The van der Waals surface area contributed by atoms with Gasteiger partial charge in [-0.05, 0) is 154 Å². The zero-order valence-electron chi connectivity index (χ0n) is 45.5. The minimum Gasteiger partial charge on any atom is -0.394 e. The molecule has 0 spiro atoms. The third-order valence-electron chi connectivity index (χ3n) is 9.46. The third-order valence-corrected chi connectivity index (χ3v) is 16.8. The summed E-state index contributed by atoms with van der Waals surface area (Å²) in [6.07, 6.45) is 18.4. The first kappa shape index (κ1) is 69.5. The summed E-state index contributed by atoms with van der Waals surface area (Å²) in [5, 5.41) is 0. The number of rotatable bonds is 42. The van der Waals surface area contributed by atoms with E-state index in [2.05, 4.69) is 28.8 Å². The van der Waals surface area contributed by atoms with E-state index < -0.39 is 23.3 Å². The number of isocyanates is 3. The average molecular weight is 993 g/mol. The predicted molar refractivity (Wildman–Crippen MR) is 274 cm³/mol. The van der Waals surface area contributed by atoms with E-state index in [-0.39, 0.29) is 42.5 Å². The summed E-state index contributed by atoms with van der Waals surface area (Å²) in [5.74, 6) is -0.974. The van der Waals surface area contributed by atoms with Gasteiger partial charge in [0.2, 0.25) is 18.2 Å². The second-order valence-corrected chi connectivity index (χ2v) is 24.3. The zero-order chi connectivity index (χ0) is 51.4. The van der Waals surface area contributed by atoms with Crippen LogP contribution in [0.15, 0.2) is 15.0 Å². The maximum atomic E-state index is 10.4. The molecule has 0 amide bonds. The standard InChI is InChI=1S/C23H45NO4.C14H29NO4Si.C13H27NO4Si/c1-8-9-10-11-12-13-15-22(16-14-17-24-18-25)23(26-19(2)3,27-20(4)5)28-21(6)7;1-4-10-17-11-8-13-20(18-5-2,19-6-3)12-7-9-15-14-16;1-11(2)16-19(17-12(3)4,18-13(5)6)9-7-8-14-10-15/h19-22H,8-17H2,1-7H3;4-13H2,1-3H3;11-13H,7-9H2,1-6H3. The van der Waals surface area contributed by atoms with Gasteiger partial charge in [0.15, 0.2) is 0 Å². The van der Waals surface area contributed by atoms with Gasteiger partial charge in [-0.2, -0.15) is 0 Å². The van der Waals surface area contributed by atoms with Crippen molar-refractivity contribution in [1.29, 1.82) is 0 Å². The average Bonchev–Trinajstić information content (AvgIpc) is 3.22. The Morgan fingerprint density at radius 2 is 0.851 bits per heavy atom. The number of carbonyl (C=O) groups excluding carboxylic acids is 3. The molecule has 67 heavy (non-hydrogen) atoms. The summed E-state index contributed by atoms with van der Waals surface area (Å²) < 4.78 is 54.4. The van der Waals surface area contributed by atoms with Crippen molar-refractivity contribution in [3.05, 3.63) is 0 Å². The Kier molecular flexibility index (Phi) is 47.0. The molecule has 0 aliphatic heterocycles. The topological polar surface area (TPSA) is 171 Å². The van der Waals surface area contributed by atoms with Crippen LogP contribution in [0.2, 0.25) is 18.1 Å². The van der Waals surface area contributed by atoms with Crippen molar-refractivity contribution in [2.75, 3.05) is 46.1 Å². The third kappa shape index (κ3) is 40.6. The summed E-state index contributed by atoms with van der Waals surface area (Å²) in [5.41, 5.74) is 0. The second-order valence-electron chi connectivity index (χ2n) is 18.3. The smallest absolute Gasteiger partial charge is 0.394 e. The second kappa shape index (κ2) is 45.4. The van der Waals surface area contributed by atoms with E-state index in [0.717, 1.165) is 70.2 Å². The molecule has 396 valence electrons. The molecule has 0 bridgehead atoms. The van der Waals surface area contributed by atoms with Crippen LogP contribution >= 0.6 is 0 Å². The highest BCUT2D eigenvalue weighted by Crippen LogP contribution is 2.37. The molecule has 0 fully saturated rings. The van der Waals surface area contributed by atoms with Crippen LogP contribution in [0.1, 0.15) is 194 Å². The van der Waals surface area contributed by atoms with Gasteiger partial charge in [-0.3, -0.25) is 0 Å². The van der Waals surface area contributed by atoms with Gasteiger partial charge in [-0.15, -0.1) is 0 Å². The summed E-state index contributed by atoms with van der Waals surface area (Å²) in [6, 6.07) is 2.46. The van der Waals surface area contributed by atoms with E-state index in [4.69, 9.17) is 41.1 Å². The van der Waals surface area contributed by atoms with Crippen molar-refractivity contribution in [1.82, 2.24) is 0 Å². The van der Waals surface area contributed by atoms with E-state index in [1.165, 1.54) is 32.1 Å². The van der Waals surface area contributed by atoms with Crippen LogP contribution in [0.25, 0.3) is 0 Å². The number of unbranched alkanes of at least 4 members (excludes halogenated alkanes) is 5. The monoisotopic (exact) mass is 992 g/mol. The van der Waals surface area contributed by atoms with Crippen molar-refractivity contribution in [2.45, 2.75) is 255 Å². The Bertz CT molecular complexity index is 1220. The fraction of sp³-hybridized carbons (Fsp3) is 0.940. The van der Waals surface area contributed by atoms with Crippen molar-refractivity contribution in [3.63, 3.8) is 0 Å². The van der Waals surface area contributed by atoms with Crippen LogP contribution in [-0.4, -0.2) is 124 Å². The van der Waals surface area contributed by atoms with E-state index >= 15 is 0 Å². The number of hydrogen-bond acceptors (Lipinski definition) is 15. The molecule has 0 aromatic carbocycles. The van der Waals surface area contributed by atoms with E-state index in [1.807, 2.05) is 96.9 Å². The van der Waals surface area contributed by atoms with Gasteiger partial charge in [0.05, 0.1) is 37.9 Å². The summed E-state index contributed by atoms with van der Waals surface area (Å²) in [7, 11) is -4.90. The predicted octanol–water partition coefficient (Wildman–Crippen LogP) is 12.4. The van der Waals surface area contributed by atoms with Crippen LogP contribution in [0.3, 0.4) is 0 Å². The fourth-order valence-electron chi connectivity index (χ4n) is 7.39. The van der Waals surface area contributed by atoms with Gasteiger partial charge >= 0.3 is 17.4 Å².